The molecule has 2 unspecified atom stereocenters. The van der Waals surface area contributed by atoms with Crippen LogP contribution in [-0.4, -0.2) is 24.9 Å². The molecule has 1 aromatic rings. The van der Waals surface area contributed by atoms with Gasteiger partial charge in [0, 0.05) is 19.0 Å². The number of hydrogen-bond acceptors (Lipinski definition) is 3. The van der Waals surface area contributed by atoms with Crippen LogP contribution in [0.3, 0.4) is 0 Å². The van der Waals surface area contributed by atoms with Crippen LogP contribution in [0.25, 0.3) is 0 Å². The van der Waals surface area contributed by atoms with E-state index in [0.717, 1.165) is 12.3 Å². The van der Waals surface area contributed by atoms with Crippen molar-refractivity contribution >= 4 is 29.9 Å². The van der Waals surface area contributed by atoms with Crippen LogP contribution in [0.5, 0.6) is 0 Å². The van der Waals surface area contributed by atoms with Crippen molar-refractivity contribution in [2.75, 3.05) is 18.4 Å². The summed E-state index contributed by atoms with van der Waals surface area (Å²) in [7, 11) is 0. The summed E-state index contributed by atoms with van der Waals surface area (Å²) in [5.74, 6) is 1.25. The summed E-state index contributed by atoms with van der Waals surface area (Å²) in [6, 6.07) is 7.15. The second-order valence-electron chi connectivity index (χ2n) is 6.98. The molecule has 2 atom stereocenters. The Labute approximate surface area is 155 Å². The number of hydrogen-bond donors (Lipinski definition) is 3. The van der Waals surface area contributed by atoms with Crippen molar-refractivity contribution in [1.29, 1.82) is 0 Å². The highest BCUT2D eigenvalue weighted by atomic mass is 35.5. The zero-order valence-corrected chi connectivity index (χ0v) is 15.3. The highest BCUT2D eigenvalue weighted by molar-refractivity contribution is 6.04. The van der Waals surface area contributed by atoms with Gasteiger partial charge >= 0.3 is 0 Å². The summed E-state index contributed by atoms with van der Waals surface area (Å²) < 4.78 is 0. The molecule has 0 radical (unpaired) electrons. The van der Waals surface area contributed by atoms with Crippen LogP contribution in [-0.2, 0) is 4.79 Å². The Bertz CT molecular complexity index is 602. The molecule has 2 amide bonds. The van der Waals surface area contributed by atoms with E-state index in [1.165, 1.54) is 32.1 Å². The van der Waals surface area contributed by atoms with Gasteiger partial charge in [-0.15, -0.1) is 12.4 Å². The van der Waals surface area contributed by atoms with Gasteiger partial charge in [-0.25, -0.2) is 0 Å². The van der Waals surface area contributed by atoms with Crippen molar-refractivity contribution in [2.24, 2.45) is 23.5 Å². The number of nitrogens with two attached hydrogens (primary N) is 1. The van der Waals surface area contributed by atoms with Gasteiger partial charge in [0.25, 0.3) is 5.91 Å². The van der Waals surface area contributed by atoms with Gasteiger partial charge in [0.15, 0.2) is 0 Å². The maximum atomic E-state index is 12.6. The van der Waals surface area contributed by atoms with E-state index in [-0.39, 0.29) is 30.1 Å². The first-order valence-electron chi connectivity index (χ1n) is 9.09. The largest absolute Gasteiger partial charge is 0.351 e. The zero-order valence-electron chi connectivity index (χ0n) is 14.5. The van der Waals surface area contributed by atoms with E-state index >= 15 is 0 Å². The van der Waals surface area contributed by atoms with Crippen molar-refractivity contribution in [2.45, 2.75) is 38.5 Å². The summed E-state index contributed by atoms with van der Waals surface area (Å²) in [6.07, 6.45) is 7.49. The van der Waals surface area contributed by atoms with Crippen LogP contribution in [0, 0.1) is 17.8 Å². The van der Waals surface area contributed by atoms with Crippen LogP contribution < -0.4 is 16.4 Å². The molecule has 0 bridgehead atoms. The maximum Gasteiger partial charge on any atom is 0.253 e. The first-order valence-corrected chi connectivity index (χ1v) is 9.09. The summed E-state index contributed by atoms with van der Waals surface area (Å²) in [6.45, 7) is 0.818. The molecule has 5 nitrogen and oxygen atoms in total. The Morgan fingerprint density at radius 2 is 1.84 bits per heavy atom. The van der Waals surface area contributed by atoms with Crippen molar-refractivity contribution in [3.05, 3.63) is 29.8 Å². The van der Waals surface area contributed by atoms with E-state index in [1.54, 1.807) is 18.2 Å². The lowest BCUT2D eigenvalue weighted by molar-refractivity contribution is -0.117. The monoisotopic (exact) mass is 365 g/mol. The molecule has 2 aliphatic carbocycles. The molecule has 25 heavy (non-hydrogen) atoms. The number of carbonyl (C=O) groups is 2. The maximum absolute atomic E-state index is 12.6. The fourth-order valence-electron chi connectivity index (χ4n) is 3.90. The third-order valence-corrected chi connectivity index (χ3v) is 5.29. The van der Waals surface area contributed by atoms with Crippen molar-refractivity contribution < 1.29 is 9.59 Å². The zero-order chi connectivity index (χ0) is 16.9. The van der Waals surface area contributed by atoms with E-state index < -0.39 is 0 Å². The van der Waals surface area contributed by atoms with Gasteiger partial charge in [-0.1, -0.05) is 44.2 Å². The van der Waals surface area contributed by atoms with E-state index in [0.29, 0.717) is 30.3 Å². The average molecular weight is 366 g/mol. The minimum Gasteiger partial charge on any atom is -0.351 e. The molecular weight excluding hydrogens is 338 g/mol. The number of halogens is 1. The smallest absolute Gasteiger partial charge is 0.253 e. The lowest BCUT2D eigenvalue weighted by Gasteiger charge is -2.21. The number of anilines is 1. The normalized spacial score (nSPS) is 22.6. The van der Waals surface area contributed by atoms with Gasteiger partial charge in [0.2, 0.25) is 5.91 Å². The number of amides is 2. The molecule has 0 spiro atoms. The van der Waals surface area contributed by atoms with Crippen LogP contribution in [0.1, 0.15) is 48.9 Å². The average Bonchev–Trinajstić information content (AvgIpc) is 3.42. The Kier molecular flexibility index (Phi) is 7.26. The molecule has 0 aromatic heterocycles. The summed E-state index contributed by atoms with van der Waals surface area (Å²) in [5, 5.41) is 5.72. The predicted octanol–water partition coefficient (Wildman–Crippen LogP) is 2.95. The van der Waals surface area contributed by atoms with Crippen LogP contribution in [0.4, 0.5) is 5.69 Å². The highest BCUT2D eigenvalue weighted by Gasteiger charge is 2.47. The SMILES string of the molecule is Cl.NCCNC(=O)c1ccccc1NC(=O)C1CC1C1CCCCC1. The third-order valence-electron chi connectivity index (χ3n) is 5.29. The van der Waals surface area contributed by atoms with Gasteiger partial charge in [0.05, 0.1) is 11.3 Å². The van der Waals surface area contributed by atoms with E-state index in [4.69, 9.17) is 5.73 Å². The predicted molar refractivity (Wildman–Crippen MR) is 102 cm³/mol. The number of para-hydroxylation sites is 1. The minimum absolute atomic E-state index is 0. The van der Waals surface area contributed by atoms with Gasteiger partial charge in [-0.05, 0) is 30.4 Å². The Hall–Kier alpha value is -1.59. The Morgan fingerprint density at radius 3 is 2.56 bits per heavy atom. The number of nitrogens with one attached hydrogen (secondary N) is 2. The van der Waals surface area contributed by atoms with Crippen LogP contribution >= 0.6 is 12.4 Å². The quantitative estimate of drug-likeness (QED) is 0.724. The third kappa shape index (κ3) is 4.95. The number of benzene rings is 1. The Morgan fingerprint density at radius 1 is 1.12 bits per heavy atom. The molecule has 0 heterocycles. The fourth-order valence-corrected chi connectivity index (χ4v) is 3.90. The van der Waals surface area contributed by atoms with Crippen molar-refractivity contribution in [3.63, 3.8) is 0 Å². The standard InChI is InChI=1S/C19H27N3O2.ClH/c20-10-11-21-18(23)14-8-4-5-9-17(14)22-19(24)16-12-15(16)13-6-2-1-3-7-13;/h4-5,8-9,13,15-16H,1-3,6-7,10-12,20H2,(H,21,23)(H,22,24);1H. The second-order valence-corrected chi connectivity index (χ2v) is 6.98. The molecule has 3 rings (SSSR count). The molecular formula is C19H28ClN3O2. The molecule has 0 aliphatic heterocycles. The molecule has 0 saturated heterocycles. The van der Waals surface area contributed by atoms with Gasteiger partial charge in [-0.2, -0.15) is 0 Å². The van der Waals surface area contributed by atoms with E-state index in [9.17, 15) is 9.59 Å². The molecule has 2 fully saturated rings. The minimum atomic E-state index is -0.198. The topological polar surface area (TPSA) is 84.2 Å². The molecule has 6 heteroatoms. The summed E-state index contributed by atoms with van der Waals surface area (Å²) in [4.78, 5) is 24.7. The van der Waals surface area contributed by atoms with Crippen LogP contribution in [0.2, 0.25) is 0 Å². The van der Waals surface area contributed by atoms with E-state index in [2.05, 4.69) is 10.6 Å². The van der Waals surface area contributed by atoms with Crippen molar-refractivity contribution in [3.8, 4) is 0 Å². The summed E-state index contributed by atoms with van der Waals surface area (Å²) >= 11 is 0. The molecule has 2 aliphatic rings. The number of carbonyl (C=O) groups excluding carboxylic acids is 2. The molecule has 1 aromatic carbocycles. The molecule has 138 valence electrons. The first-order chi connectivity index (χ1) is 11.7. The molecule has 2 saturated carbocycles. The molecule has 4 N–H and O–H groups in total. The lowest BCUT2D eigenvalue weighted by Crippen LogP contribution is -2.30. The van der Waals surface area contributed by atoms with Gasteiger partial charge < -0.3 is 16.4 Å². The van der Waals surface area contributed by atoms with Crippen LogP contribution in [0.15, 0.2) is 24.3 Å². The van der Waals surface area contributed by atoms with Gasteiger partial charge in [0.1, 0.15) is 0 Å². The Balaban J connectivity index is 0.00000225. The number of rotatable bonds is 6. The van der Waals surface area contributed by atoms with Gasteiger partial charge in [-0.3, -0.25) is 9.59 Å². The fraction of sp³-hybridized carbons (Fsp3) is 0.579. The van der Waals surface area contributed by atoms with E-state index in [1.807, 2.05) is 6.07 Å². The second kappa shape index (κ2) is 9.20. The lowest BCUT2D eigenvalue weighted by atomic mass is 9.85. The first kappa shape index (κ1) is 19.7. The highest BCUT2D eigenvalue weighted by Crippen LogP contribution is 2.49. The van der Waals surface area contributed by atoms with Crippen molar-refractivity contribution in [1.82, 2.24) is 5.32 Å². The summed E-state index contributed by atoms with van der Waals surface area (Å²) in [5.41, 5.74) is 6.51.